The number of thioether (sulfide) groups is 1. The van der Waals surface area contributed by atoms with Crippen LogP contribution in [0.1, 0.15) is 12.5 Å². The van der Waals surface area contributed by atoms with Crippen molar-refractivity contribution < 1.29 is 18.0 Å². The van der Waals surface area contributed by atoms with Gasteiger partial charge in [0, 0.05) is 6.20 Å². The van der Waals surface area contributed by atoms with Crippen LogP contribution in [0, 0.1) is 0 Å². The van der Waals surface area contributed by atoms with E-state index in [9.17, 15) is 18.0 Å². The third kappa shape index (κ3) is 4.78. The number of carbonyl (C=O) groups is 1. The lowest BCUT2D eigenvalue weighted by Gasteiger charge is -2.14. The van der Waals surface area contributed by atoms with Gasteiger partial charge in [0.15, 0.2) is 0 Å². The van der Waals surface area contributed by atoms with E-state index in [1.54, 1.807) is 25.1 Å². The molecule has 2 rings (SSSR count). The first-order chi connectivity index (χ1) is 11.2. The third-order valence-corrected chi connectivity index (χ3v) is 4.62. The third-order valence-electron chi connectivity index (χ3n) is 2.94. The number of hydrogen-bond acceptors (Lipinski definition) is 3. The van der Waals surface area contributed by atoms with Gasteiger partial charge in [-0.3, -0.25) is 4.79 Å². The molecule has 2 aromatic rings. The Morgan fingerprint density at radius 3 is 2.33 bits per heavy atom. The second-order valence-electron chi connectivity index (χ2n) is 4.73. The molecule has 1 aromatic carbocycles. The summed E-state index contributed by atoms with van der Waals surface area (Å²) < 4.78 is 37.5. The minimum Gasteiger partial charge on any atom is -0.323 e. The SMILES string of the molecule is CC(Sc1ccc(C(F)(F)F)cn1)C(=O)Nc1c(Cl)cccc1Cl. The molecule has 128 valence electrons. The molecule has 0 saturated heterocycles. The van der Waals surface area contributed by atoms with Crippen molar-refractivity contribution >= 4 is 46.6 Å². The van der Waals surface area contributed by atoms with Gasteiger partial charge in [0.1, 0.15) is 0 Å². The second-order valence-corrected chi connectivity index (χ2v) is 6.90. The maximum atomic E-state index is 12.5. The van der Waals surface area contributed by atoms with Crippen LogP contribution in [-0.2, 0) is 11.0 Å². The van der Waals surface area contributed by atoms with Crippen LogP contribution in [0.2, 0.25) is 10.0 Å². The van der Waals surface area contributed by atoms with E-state index < -0.39 is 22.9 Å². The lowest BCUT2D eigenvalue weighted by molar-refractivity contribution is -0.137. The fourth-order valence-electron chi connectivity index (χ4n) is 1.69. The number of nitrogens with zero attached hydrogens (tertiary/aromatic N) is 1. The zero-order valence-corrected chi connectivity index (χ0v) is 14.5. The number of alkyl halides is 3. The van der Waals surface area contributed by atoms with Gasteiger partial charge < -0.3 is 5.32 Å². The summed E-state index contributed by atoms with van der Waals surface area (Å²) in [7, 11) is 0. The highest BCUT2D eigenvalue weighted by Crippen LogP contribution is 2.32. The largest absolute Gasteiger partial charge is 0.417 e. The zero-order valence-electron chi connectivity index (χ0n) is 12.2. The summed E-state index contributed by atoms with van der Waals surface area (Å²) in [4.78, 5) is 15.9. The Kier molecular flexibility index (Phi) is 6.01. The van der Waals surface area contributed by atoms with Gasteiger partial charge in [0.2, 0.25) is 5.91 Å². The summed E-state index contributed by atoms with van der Waals surface area (Å²) in [6.07, 6.45) is -3.71. The highest BCUT2D eigenvalue weighted by molar-refractivity contribution is 8.00. The molecule has 1 atom stereocenters. The van der Waals surface area contributed by atoms with Crippen LogP contribution in [0.3, 0.4) is 0 Å². The fourth-order valence-corrected chi connectivity index (χ4v) is 2.97. The Labute approximate surface area is 150 Å². The molecule has 3 nitrogen and oxygen atoms in total. The minimum atomic E-state index is -4.44. The van der Waals surface area contributed by atoms with Crippen LogP contribution in [0.25, 0.3) is 0 Å². The first kappa shape index (κ1) is 18.9. The van der Waals surface area contributed by atoms with Gasteiger partial charge in [-0.05, 0) is 31.2 Å². The highest BCUT2D eigenvalue weighted by Gasteiger charge is 2.30. The smallest absolute Gasteiger partial charge is 0.323 e. The topological polar surface area (TPSA) is 42.0 Å². The van der Waals surface area contributed by atoms with Crippen molar-refractivity contribution in [3.05, 3.63) is 52.1 Å². The first-order valence-corrected chi connectivity index (χ1v) is 8.27. The number of para-hydroxylation sites is 1. The van der Waals surface area contributed by atoms with Crippen LogP contribution in [0.5, 0.6) is 0 Å². The van der Waals surface area contributed by atoms with E-state index in [-0.39, 0.29) is 0 Å². The lowest BCUT2D eigenvalue weighted by Crippen LogP contribution is -2.22. The van der Waals surface area contributed by atoms with Gasteiger partial charge in [-0.15, -0.1) is 0 Å². The Hall–Kier alpha value is -1.44. The van der Waals surface area contributed by atoms with E-state index in [4.69, 9.17) is 23.2 Å². The molecule has 1 N–H and O–H groups in total. The number of benzene rings is 1. The average Bonchev–Trinajstić information content (AvgIpc) is 2.50. The molecule has 0 spiro atoms. The van der Waals surface area contributed by atoms with E-state index in [1.165, 1.54) is 6.07 Å². The number of amides is 1. The second kappa shape index (κ2) is 7.63. The highest BCUT2D eigenvalue weighted by atomic mass is 35.5. The van der Waals surface area contributed by atoms with Crippen LogP contribution >= 0.6 is 35.0 Å². The molecule has 0 aliphatic carbocycles. The predicted octanol–water partition coefficient (Wildman–Crippen LogP) is 5.53. The summed E-state index contributed by atoms with van der Waals surface area (Å²) >= 11 is 13.0. The number of halogens is 5. The molecule has 0 aliphatic rings. The van der Waals surface area contributed by atoms with Crippen LogP contribution < -0.4 is 5.32 Å². The molecule has 0 saturated carbocycles. The number of hydrogen-bond donors (Lipinski definition) is 1. The Bertz CT molecular complexity index is 718. The molecule has 1 aromatic heterocycles. The normalized spacial score (nSPS) is 12.8. The quantitative estimate of drug-likeness (QED) is 0.693. The first-order valence-electron chi connectivity index (χ1n) is 6.63. The number of anilines is 1. The van der Waals surface area contributed by atoms with Gasteiger partial charge in [-0.25, -0.2) is 4.98 Å². The molecular weight excluding hydrogens is 384 g/mol. The van der Waals surface area contributed by atoms with Gasteiger partial charge in [0.25, 0.3) is 0 Å². The van der Waals surface area contributed by atoms with Crippen LogP contribution in [0.15, 0.2) is 41.6 Å². The lowest BCUT2D eigenvalue weighted by atomic mass is 10.3. The molecule has 0 radical (unpaired) electrons. The summed E-state index contributed by atoms with van der Waals surface area (Å²) in [5, 5.41) is 2.88. The van der Waals surface area contributed by atoms with Crippen LogP contribution in [0.4, 0.5) is 18.9 Å². The molecule has 1 heterocycles. The van der Waals surface area contributed by atoms with Crippen molar-refractivity contribution in [1.29, 1.82) is 0 Å². The molecule has 0 fully saturated rings. The van der Waals surface area contributed by atoms with E-state index in [2.05, 4.69) is 10.3 Å². The number of aromatic nitrogens is 1. The number of carbonyl (C=O) groups excluding carboxylic acids is 1. The standard InChI is InChI=1S/C15H11Cl2F3N2OS/c1-8(14(23)22-13-10(16)3-2-4-11(13)17)24-12-6-5-9(7-21-12)15(18,19)20/h2-8H,1H3,(H,22,23). The van der Waals surface area contributed by atoms with Gasteiger partial charge in [-0.1, -0.05) is 41.0 Å². The molecule has 0 bridgehead atoms. The van der Waals surface area contributed by atoms with E-state index in [1.807, 2.05) is 0 Å². The summed E-state index contributed by atoms with van der Waals surface area (Å²) in [5.74, 6) is -0.392. The molecule has 9 heteroatoms. The van der Waals surface area contributed by atoms with E-state index in [0.717, 1.165) is 24.0 Å². The zero-order chi connectivity index (χ0) is 17.9. The average molecular weight is 395 g/mol. The summed E-state index contributed by atoms with van der Waals surface area (Å²) in [6.45, 7) is 1.60. The van der Waals surface area contributed by atoms with Crippen molar-refractivity contribution in [1.82, 2.24) is 4.98 Å². The Morgan fingerprint density at radius 1 is 1.21 bits per heavy atom. The molecular formula is C15H11Cl2F3N2OS. The van der Waals surface area contributed by atoms with E-state index >= 15 is 0 Å². The number of nitrogens with one attached hydrogen (secondary N) is 1. The van der Waals surface area contributed by atoms with Crippen molar-refractivity contribution in [2.24, 2.45) is 0 Å². The predicted molar refractivity (Wildman–Crippen MR) is 89.6 cm³/mol. The minimum absolute atomic E-state index is 0.290. The van der Waals surface area contributed by atoms with Crippen molar-refractivity contribution in [2.75, 3.05) is 5.32 Å². The van der Waals surface area contributed by atoms with Crippen molar-refractivity contribution in [3.8, 4) is 0 Å². The molecule has 1 amide bonds. The fraction of sp³-hybridized carbons (Fsp3) is 0.200. The summed E-state index contributed by atoms with van der Waals surface area (Å²) in [6, 6.07) is 6.95. The van der Waals surface area contributed by atoms with Crippen molar-refractivity contribution in [2.45, 2.75) is 23.4 Å². The van der Waals surface area contributed by atoms with Gasteiger partial charge >= 0.3 is 6.18 Å². The molecule has 0 aliphatic heterocycles. The summed E-state index contributed by atoms with van der Waals surface area (Å²) in [5.41, 5.74) is -0.550. The van der Waals surface area contributed by atoms with Crippen molar-refractivity contribution in [3.63, 3.8) is 0 Å². The molecule has 24 heavy (non-hydrogen) atoms. The van der Waals surface area contributed by atoms with Gasteiger partial charge in [0.05, 0.1) is 31.6 Å². The van der Waals surface area contributed by atoms with E-state index in [0.29, 0.717) is 20.8 Å². The maximum Gasteiger partial charge on any atom is 0.417 e. The molecule has 1 unspecified atom stereocenters. The Balaban J connectivity index is 2.04. The monoisotopic (exact) mass is 394 g/mol. The number of rotatable bonds is 4. The maximum absolute atomic E-state index is 12.5. The Morgan fingerprint density at radius 2 is 1.83 bits per heavy atom. The van der Waals surface area contributed by atoms with Gasteiger partial charge in [-0.2, -0.15) is 13.2 Å². The number of pyridine rings is 1. The van der Waals surface area contributed by atoms with Crippen LogP contribution in [-0.4, -0.2) is 16.1 Å².